The van der Waals surface area contributed by atoms with Crippen molar-refractivity contribution in [1.29, 1.82) is 0 Å². The Morgan fingerprint density at radius 3 is 2.94 bits per heavy atom. The predicted octanol–water partition coefficient (Wildman–Crippen LogP) is -1.15. The Labute approximate surface area is 95.7 Å². The summed E-state index contributed by atoms with van der Waals surface area (Å²) in [5, 5.41) is 12.8. The lowest BCUT2D eigenvalue weighted by atomic mass is 10.3. The second kappa shape index (κ2) is 4.64. The van der Waals surface area contributed by atoms with Gasteiger partial charge in [-0.1, -0.05) is 0 Å². The van der Waals surface area contributed by atoms with Gasteiger partial charge in [-0.2, -0.15) is 5.10 Å². The van der Waals surface area contributed by atoms with E-state index < -0.39 is 11.2 Å². The van der Waals surface area contributed by atoms with Gasteiger partial charge >= 0.3 is 5.69 Å². The van der Waals surface area contributed by atoms with E-state index in [1.807, 2.05) is 19.3 Å². The lowest BCUT2D eigenvalue weighted by Crippen LogP contribution is -2.27. The van der Waals surface area contributed by atoms with Crippen molar-refractivity contribution in [2.24, 2.45) is 7.05 Å². The molecular formula is C9H12N6O2. The van der Waals surface area contributed by atoms with Crippen molar-refractivity contribution in [3.8, 4) is 0 Å². The summed E-state index contributed by atoms with van der Waals surface area (Å²) in [6.07, 6.45) is 2.52. The quantitative estimate of drug-likeness (QED) is 0.621. The molecule has 0 aliphatic rings. The monoisotopic (exact) mass is 236 g/mol. The molecule has 90 valence electrons. The summed E-state index contributed by atoms with van der Waals surface area (Å²) in [7, 11) is 1.84. The summed E-state index contributed by atoms with van der Waals surface area (Å²) < 4.78 is 1.71. The number of aryl methyl sites for hydroxylation is 1. The number of nitrogens with zero attached hydrogens (tertiary/aromatic N) is 3. The summed E-state index contributed by atoms with van der Waals surface area (Å²) in [5.74, 6) is 0.0977. The fourth-order valence-electron chi connectivity index (χ4n) is 1.37. The highest BCUT2D eigenvalue weighted by Crippen LogP contribution is 1.96. The van der Waals surface area contributed by atoms with Crippen molar-refractivity contribution >= 4 is 5.82 Å². The van der Waals surface area contributed by atoms with E-state index in [9.17, 15) is 9.59 Å². The van der Waals surface area contributed by atoms with E-state index in [0.717, 1.165) is 5.69 Å². The molecule has 0 bridgehead atoms. The van der Waals surface area contributed by atoms with Gasteiger partial charge in [-0.3, -0.25) is 14.5 Å². The van der Waals surface area contributed by atoms with Crippen LogP contribution in [-0.4, -0.2) is 31.5 Å². The molecule has 2 aromatic heterocycles. The average molecular weight is 236 g/mol. The lowest BCUT2D eigenvalue weighted by Gasteiger charge is -2.01. The van der Waals surface area contributed by atoms with Gasteiger partial charge in [0.25, 0.3) is 5.56 Å². The SMILES string of the molecule is Cn1ccc(CCNc2n[nH]c(=O)[nH]c2=O)n1. The van der Waals surface area contributed by atoms with E-state index in [1.165, 1.54) is 0 Å². The van der Waals surface area contributed by atoms with Crippen molar-refractivity contribution in [1.82, 2.24) is 25.0 Å². The first-order chi connectivity index (χ1) is 8.15. The Hall–Kier alpha value is -2.38. The first kappa shape index (κ1) is 11.1. The van der Waals surface area contributed by atoms with Crippen LogP contribution in [0.5, 0.6) is 0 Å². The van der Waals surface area contributed by atoms with E-state index in [2.05, 4.69) is 25.6 Å². The second-order valence-corrected chi connectivity index (χ2v) is 3.51. The maximum atomic E-state index is 11.3. The molecule has 0 radical (unpaired) electrons. The molecule has 2 rings (SSSR count). The van der Waals surface area contributed by atoms with E-state index in [1.54, 1.807) is 4.68 Å². The summed E-state index contributed by atoms with van der Waals surface area (Å²) >= 11 is 0. The van der Waals surface area contributed by atoms with Gasteiger partial charge in [0.2, 0.25) is 5.82 Å². The molecule has 0 amide bonds. The summed E-state index contributed by atoms with van der Waals surface area (Å²) in [6.45, 7) is 0.513. The maximum absolute atomic E-state index is 11.3. The Bertz CT molecular complexity index is 610. The van der Waals surface area contributed by atoms with Gasteiger partial charge in [-0.05, 0) is 6.07 Å². The highest BCUT2D eigenvalue weighted by atomic mass is 16.2. The van der Waals surface area contributed by atoms with Crippen LogP contribution in [0, 0.1) is 0 Å². The molecule has 2 heterocycles. The van der Waals surface area contributed by atoms with Crippen LogP contribution in [0.3, 0.4) is 0 Å². The number of aromatic amines is 2. The van der Waals surface area contributed by atoms with Crippen molar-refractivity contribution < 1.29 is 0 Å². The van der Waals surface area contributed by atoms with Crippen LogP contribution in [0.4, 0.5) is 5.82 Å². The Balaban J connectivity index is 1.94. The number of H-pyrrole nitrogens is 2. The second-order valence-electron chi connectivity index (χ2n) is 3.51. The number of nitrogens with one attached hydrogen (secondary N) is 3. The first-order valence-corrected chi connectivity index (χ1v) is 5.06. The third-order valence-corrected chi connectivity index (χ3v) is 2.15. The van der Waals surface area contributed by atoms with Crippen molar-refractivity contribution in [3.63, 3.8) is 0 Å². The standard InChI is InChI=1S/C9H12N6O2/c1-15-5-3-6(14-15)2-4-10-7-8(16)11-9(17)13-12-7/h3,5H,2,4H2,1H3,(H,10,12)(H2,11,13,16,17). The minimum absolute atomic E-state index is 0.0977. The van der Waals surface area contributed by atoms with Gasteiger partial charge in [0, 0.05) is 26.2 Å². The highest BCUT2D eigenvalue weighted by molar-refractivity contribution is 5.28. The zero-order valence-electron chi connectivity index (χ0n) is 9.23. The number of hydrogen-bond donors (Lipinski definition) is 3. The normalized spacial score (nSPS) is 10.4. The van der Waals surface area contributed by atoms with Gasteiger partial charge < -0.3 is 5.32 Å². The molecule has 17 heavy (non-hydrogen) atoms. The van der Waals surface area contributed by atoms with Crippen LogP contribution in [0.25, 0.3) is 0 Å². The molecule has 0 spiro atoms. The number of anilines is 1. The number of hydrogen-bond acceptors (Lipinski definition) is 5. The molecular weight excluding hydrogens is 224 g/mol. The van der Waals surface area contributed by atoms with E-state index in [-0.39, 0.29) is 5.82 Å². The van der Waals surface area contributed by atoms with Crippen LogP contribution in [0.15, 0.2) is 21.9 Å². The highest BCUT2D eigenvalue weighted by Gasteiger charge is 2.02. The molecule has 0 fully saturated rings. The van der Waals surface area contributed by atoms with E-state index in [0.29, 0.717) is 13.0 Å². The van der Waals surface area contributed by atoms with Gasteiger partial charge in [0.05, 0.1) is 5.69 Å². The van der Waals surface area contributed by atoms with Crippen LogP contribution in [0.2, 0.25) is 0 Å². The minimum atomic E-state index is -0.620. The third kappa shape index (κ3) is 2.80. The molecule has 0 aliphatic carbocycles. The topological polar surface area (TPSA) is 108 Å². The summed E-state index contributed by atoms with van der Waals surface area (Å²) in [6, 6.07) is 1.90. The molecule has 0 saturated heterocycles. The summed E-state index contributed by atoms with van der Waals surface area (Å²) in [4.78, 5) is 24.1. The van der Waals surface area contributed by atoms with Crippen molar-refractivity contribution in [2.45, 2.75) is 6.42 Å². The van der Waals surface area contributed by atoms with Crippen molar-refractivity contribution in [2.75, 3.05) is 11.9 Å². The molecule has 0 unspecified atom stereocenters. The van der Waals surface area contributed by atoms with E-state index >= 15 is 0 Å². The lowest BCUT2D eigenvalue weighted by molar-refractivity contribution is 0.741. The van der Waals surface area contributed by atoms with Crippen LogP contribution < -0.4 is 16.6 Å². The Kier molecular flexibility index (Phi) is 3.03. The molecule has 8 heteroatoms. The van der Waals surface area contributed by atoms with Crippen LogP contribution in [0.1, 0.15) is 5.69 Å². The number of aromatic nitrogens is 5. The van der Waals surface area contributed by atoms with Gasteiger partial charge in [-0.25, -0.2) is 9.89 Å². The number of rotatable bonds is 4. The Morgan fingerprint density at radius 2 is 2.29 bits per heavy atom. The molecule has 0 saturated carbocycles. The zero-order chi connectivity index (χ0) is 12.3. The average Bonchev–Trinajstić information content (AvgIpc) is 2.68. The van der Waals surface area contributed by atoms with Crippen LogP contribution in [-0.2, 0) is 13.5 Å². The molecule has 0 atom stereocenters. The first-order valence-electron chi connectivity index (χ1n) is 5.06. The predicted molar refractivity (Wildman–Crippen MR) is 60.9 cm³/mol. The van der Waals surface area contributed by atoms with Gasteiger partial charge in [-0.15, -0.1) is 5.10 Å². The maximum Gasteiger partial charge on any atom is 0.342 e. The summed E-state index contributed by atoms with van der Waals surface area (Å²) in [5.41, 5.74) is -0.235. The molecule has 3 N–H and O–H groups in total. The third-order valence-electron chi connectivity index (χ3n) is 2.15. The largest absolute Gasteiger partial charge is 0.364 e. The van der Waals surface area contributed by atoms with Gasteiger partial charge in [0.1, 0.15) is 0 Å². The smallest absolute Gasteiger partial charge is 0.342 e. The molecule has 8 nitrogen and oxygen atoms in total. The molecule has 0 aliphatic heterocycles. The zero-order valence-corrected chi connectivity index (χ0v) is 9.23. The fourth-order valence-corrected chi connectivity index (χ4v) is 1.37. The van der Waals surface area contributed by atoms with E-state index in [4.69, 9.17) is 0 Å². The Morgan fingerprint density at radius 1 is 1.47 bits per heavy atom. The molecule has 0 aromatic carbocycles. The van der Waals surface area contributed by atoms with Crippen LogP contribution >= 0.6 is 0 Å². The van der Waals surface area contributed by atoms with Crippen molar-refractivity contribution in [3.05, 3.63) is 38.8 Å². The van der Waals surface area contributed by atoms with Gasteiger partial charge in [0.15, 0.2) is 0 Å². The fraction of sp³-hybridized carbons (Fsp3) is 0.333. The minimum Gasteiger partial charge on any atom is -0.364 e. The molecule has 2 aromatic rings.